The van der Waals surface area contributed by atoms with E-state index < -0.39 is 43.4 Å². The van der Waals surface area contributed by atoms with E-state index in [1.807, 2.05) is 0 Å². The van der Waals surface area contributed by atoms with E-state index >= 15 is 0 Å². The van der Waals surface area contributed by atoms with Crippen LogP contribution in [-0.2, 0) is 27.7 Å². The van der Waals surface area contributed by atoms with Crippen LogP contribution in [0.1, 0.15) is 66.4 Å². The Kier molecular flexibility index (Phi) is 8.65. The highest BCUT2D eigenvalue weighted by atomic mass is 35.5. The Balaban J connectivity index is 1.42. The Morgan fingerprint density at radius 1 is 1.11 bits per heavy atom. The monoisotopic (exact) mass is 648 g/mol. The first kappa shape index (κ1) is 32.1. The molecule has 1 aromatic carbocycles. The number of likely N-dealkylation sites (tertiary alicyclic amines) is 1. The van der Waals surface area contributed by atoms with Crippen molar-refractivity contribution in [1.29, 1.82) is 0 Å². The van der Waals surface area contributed by atoms with Gasteiger partial charge in [-0.1, -0.05) is 11.6 Å². The van der Waals surface area contributed by atoms with Crippen LogP contribution in [0.5, 0.6) is 0 Å². The van der Waals surface area contributed by atoms with E-state index in [2.05, 4.69) is 20.7 Å². The number of fused-ring (bicyclic) bond motifs is 1. The van der Waals surface area contributed by atoms with E-state index in [4.69, 9.17) is 25.2 Å². The predicted molar refractivity (Wildman–Crippen MR) is 164 cm³/mol. The third-order valence-corrected chi connectivity index (χ3v) is 8.44. The zero-order valence-corrected chi connectivity index (χ0v) is 27.0. The molecule has 1 aliphatic carbocycles. The average Bonchev–Trinajstić information content (AvgIpc) is 3.54. The van der Waals surface area contributed by atoms with Crippen molar-refractivity contribution in [2.24, 2.45) is 0 Å². The molecule has 0 atom stereocenters. The number of aromatic nitrogens is 3. The molecule has 0 spiro atoms. The molecule has 0 unspecified atom stereocenters. The number of halogens is 2. The molecule has 3 aromatic rings. The number of anilines is 3. The third-order valence-electron chi connectivity index (χ3n) is 6.23. The van der Waals surface area contributed by atoms with Crippen molar-refractivity contribution in [3.05, 3.63) is 52.4 Å². The molecule has 1 saturated heterocycles. The van der Waals surface area contributed by atoms with Gasteiger partial charge in [-0.15, -0.1) is 0 Å². The average molecular weight is 649 g/mol. The summed E-state index contributed by atoms with van der Waals surface area (Å²) in [6, 6.07) is 6.13. The molecular weight excluding hydrogens is 614 g/mol. The Hall–Kier alpha value is -3.35. The van der Waals surface area contributed by atoms with Crippen molar-refractivity contribution in [1.82, 2.24) is 19.5 Å². The molecule has 2 amide bonds. The molecule has 15 heteroatoms. The molecule has 2 aliphatic rings. The van der Waals surface area contributed by atoms with Gasteiger partial charge in [0, 0.05) is 28.3 Å². The smallest absolute Gasteiger partial charge is 0.367 e. The van der Waals surface area contributed by atoms with Gasteiger partial charge in [0.25, 0.3) is 5.91 Å². The van der Waals surface area contributed by atoms with E-state index in [1.54, 1.807) is 52.1 Å². The summed E-state index contributed by atoms with van der Waals surface area (Å²) >= 11 is 6.07. The number of benzene rings is 1. The topological polar surface area (TPSA) is 136 Å². The summed E-state index contributed by atoms with van der Waals surface area (Å²) in [5, 5.41) is 11.1. The molecule has 2 fully saturated rings. The van der Waals surface area contributed by atoms with E-state index in [-0.39, 0.29) is 23.7 Å². The molecule has 1 aliphatic heterocycles. The highest BCUT2D eigenvalue weighted by Gasteiger charge is 2.41. The summed E-state index contributed by atoms with van der Waals surface area (Å²) in [6.07, 6.45) is 4.82. The van der Waals surface area contributed by atoms with Gasteiger partial charge in [0.15, 0.2) is 5.65 Å². The molecule has 3 heterocycles. The van der Waals surface area contributed by atoms with Crippen molar-refractivity contribution in [3.63, 3.8) is 0 Å². The minimum absolute atomic E-state index is 0.140. The summed E-state index contributed by atoms with van der Waals surface area (Å²) in [5.41, 5.74) is -0.654. The van der Waals surface area contributed by atoms with Crippen LogP contribution < -0.4 is 10.6 Å². The summed E-state index contributed by atoms with van der Waals surface area (Å²) in [5.74, 6) is -0.743. The number of carbonyl (C=O) groups excluding carboxylic acids is 2. The van der Waals surface area contributed by atoms with Crippen LogP contribution in [0.4, 0.5) is 21.7 Å². The van der Waals surface area contributed by atoms with Gasteiger partial charge in [0.2, 0.25) is 5.91 Å². The molecule has 2 aromatic heterocycles. The maximum absolute atomic E-state index is 14.5. The molecule has 2 N–H and O–H groups in total. The first-order chi connectivity index (χ1) is 20.5. The van der Waals surface area contributed by atoms with Crippen LogP contribution in [0.25, 0.3) is 11.7 Å². The van der Waals surface area contributed by atoms with Gasteiger partial charge < -0.3 is 10.6 Å². The quantitative estimate of drug-likeness (QED) is 0.139. The second kappa shape index (κ2) is 11.9. The highest BCUT2D eigenvalue weighted by molar-refractivity contribution is 7.48. The number of nitrogens with zero attached hydrogens (tertiary/aromatic N) is 4. The van der Waals surface area contributed by atoms with Gasteiger partial charge >= 0.3 is 7.82 Å². The van der Waals surface area contributed by atoms with Gasteiger partial charge in [0.05, 0.1) is 29.5 Å². The lowest BCUT2D eigenvalue weighted by Gasteiger charge is -2.31. The second-order valence-corrected chi connectivity index (χ2v) is 14.6. The van der Waals surface area contributed by atoms with E-state index in [0.29, 0.717) is 27.9 Å². The summed E-state index contributed by atoms with van der Waals surface area (Å²) in [7, 11) is -4.17. The Labute approximate surface area is 259 Å². The van der Waals surface area contributed by atoms with Crippen molar-refractivity contribution in [2.75, 3.05) is 17.4 Å². The lowest BCUT2D eigenvalue weighted by Crippen LogP contribution is -2.33. The minimum Gasteiger partial charge on any atom is -0.367 e. The number of imide groups is 1. The SMILES string of the molecule is CC(C)(C)OP(=O)(OCN1C(=O)C/C(=C\c2cnn3c(NC4CC4)cc(Nc4cc(Cl)ccc4F)nc23)C1=O)OC(C)(C)C. The van der Waals surface area contributed by atoms with Crippen LogP contribution in [0.15, 0.2) is 36.0 Å². The fourth-order valence-corrected chi connectivity index (χ4v) is 6.25. The van der Waals surface area contributed by atoms with Crippen molar-refractivity contribution < 1.29 is 32.1 Å². The molecular formula is C29H35ClFN6O6P. The van der Waals surface area contributed by atoms with Gasteiger partial charge in [-0.25, -0.2) is 13.9 Å². The van der Waals surface area contributed by atoms with E-state index in [1.165, 1.54) is 30.5 Å². The molecule has 236 valence electrons. The molecule has 1 saturated carbocycles. The lowest BCUT2D eigenvalue weighted by molar-refractivity contribution is -0.141. The standard InChI is InChI=1S/C29H35ClFN6O6P/c1-28(2,3)42-44(40,43-29(4,5)6)41-16-36-25(38)12-17(27(36)39)11-18-15-32-37-24(33-20-8-9-20)14-23(35-26(18)37)34-22-13-19(30)7-10-21(22)31/h7,10-11,13-15,20,33H,8-9,12,16H2,1-6H3,(H,34,35)/b17-11+. The van der Waals surface area contributed by atoms with Crippen LogP contribution >= 0.6 is 19.4 Å². The number of carbonyl (C=O) groups is 2. The minimum atomic E-state index is -4.17. The van der Waals surface area contributed by atoms with Gasteiger partial charge in [-0.2, -0.15) is 9.61 Å². The molecule has 44 heavy (non-hydrogen) atoms. The summed E-state index contributed by atoms with van der Waals surface area (Å²) in [4.78, 5) is 31.7. The second-order valence-electron chi connectivity index (χ2n) is 12.6. The number of amides is 2. The van der Waals surface area contributed by atoms with Crippen molar-refractivity contribution >= 4 is 60.3 Å². The molecule has 0 radical (unpaired) electrons. The molecule has 0 bridgehead atoms. The van der Waals surface area contributed by atoms with Gasteiger partial charge in [0.1, 0.15) is 24.2 Å². The molecule has 5 rings (SSSR count). The Morgan fingerprint density at radius 2 is 1.80 bits per heavy atom. The van der Waals surface area contributed by atoms with Crippen molar-refractivity contribution in [3.8, 4) is 0 Å². The zero-order valence-electron chi connectivity index (χ0n) is 25.3. The van der Waals surface area contributed by atoms with E-state index in [9.17, 15) is 18.5 Å². The fourth-order valence-electron chi connectivity index (χ4n) is 4.34. The number of rotatable bonds is 10. The van der Waals surface area contributed by atoms with E-state index in [0.717, 1.165) is 17.7 Å². The fraction of sp³-hybridized carbons (Fsp3) is 0.448. The number of phosphoric ester groups is 1. The maximum Gasteiger partial charge on any atom is 0.477 e. The zero-order chi connectivity index (χ0) is 32.0. The molecule has 12 nitrogen and oxygen atoms in total. The van der Waals surface area contributed by atoms with Crippen LogP contribution in [0.2, 0.25) is 5.02 Å². The Morgan fingerprint density at radius 3 is 2.43 bits per heavy atom. The maximum atomic E-state index is 14.5. The van der Waals surface area contributed by atoms with Crippen LogP contribution in [0.3, 0.4) is 0 Å². The summed E-state index contributed by atoms with van der Waals surface area (Å²) in [6.45, 7) is 9.48. The number of hydrogen-bond donors (Lipinski definition) is 2. The highest BCUT2D eigenvalue weighted by Crippen LogP contribution is 2.55. The Bertz CT molecular complexity index is 1670. The van der Waals surface area contributed by atoms with Crippen LogP contribution in [-0.4, -0.2) is 55.3 Å². The first-order valence-electron chi connectivity index (χ1n) is 14.1. The predicted octanol–water partition coefficient (Wildman–Crippen LogP) is 6.69. The third kappa shape index (κ3) is 7.83. The van der Waals surface area contributed by atoms with Crippen molar-refractivity contribution in [2.45, 2.75) is 78.0 Å². The number of phosphoric acid groups is 1. The summed E-state index contributed by atoms with van der Waals surface area (Å²) < 4.78 is 46.2. The van der Waals surface area contributed by atoms with Crippen LogP contribution in [0, 0.1) is 5.82 Å². The van der Waals surface area contributed by atoms with Gasteiger partial charge in [-0.05, 0) is 78.7 Å². The van der Waals surface area contributed by atoms with Gasteiger partial charge in [-0.3, -0.25) is 28.1 Å². The number of nitrogens with one attached hydrogen (secondary N) is 2. The lowest BCUT2D eigenvalue weighted by atomic mass is 10.1. The normalized spacial score (nSPS) is 17.3. The number of hydrogen-bond acceptors (Lipinski definition) is 10. The largest absolute Gasteiger partial charge is 0.477 e. The first-order valence-corrected chi connectivity index (χ1v) is 15.9.